The second-order valence-electron chi connectivity index (χ2n) is 7.81. The predicted molar refractivity (Wildman–Crippen MR) is 122 cm³/mol. The number of hydrogen-bond donors (Lipinski definition) is 1. The number of para-hydroxylation sites is 2. The van der Waals surface area contributed by atoms with E-state index in [-0.39, 0.29) is 18.0 Å². The van der Waals surface area contributed by atoms with Crippen molar-refractivity contribution in [3.8, 4) is 0 Å². The van der Waals surface area contributed by atoms with Gasteiger partial charge in [0.15, 0.2) is 0 Å². The van der Waals surface area contributed by atoms with Crippen LogP contribution in [0.5, 0.6) is 0 Å². The molecule has 0 fully saturated rings. The van der Waals surface area contributed by atoms with E-state index in [1.807, 2.05) is 91.9 Å². The average molecular weight is 415 g/mol. The number of benzene rings is 3. The lowest BCUT2D eigenvalue weighted by atomic mass is 9.90. The maximum absolute atomic E-state index is 13.7. The van der Waals surface area contributed by atoms with E-state index in [1.54, 1.807) is 4.90 Å². The summed E-state index contributed by atoms with van der Waals surface area (Å²) < 4.78 is 5.49. The second kappa shape index (κ2) is 9.04. The van der Waals surface area contributed by atoms with Crippen molar-refractivity contribution in [3.63, 3.8) is 0 Å². The first kappa shape index (κ1) is 20.7. The number of rotatable bonds is 5. The van der Waals surface area contributed by atoms with Crippen molar-refractivity contribution in [2.45, 2.75) is 38.5 Å². The van der Waals surface area contributed by atoms with Crippen LogP contribution in [0.1, 0.15) is 43.5 Å². The number of ether oxygens (including phenoxy) is 1. The summed E-state index contributed by atoms with van der Waals surface area (Å²) in [5.41, 5.74) is 3.59. The average Bonchev–Trinajstić information content (AvgIpc) is 2.78. The van der Waals surface area contributed by atoms with Crippen LogP contribution < -0.4 is 10.2 Å². The van der Waals surface area contributed by atoms with Gasteiger partial charge < -0.3 is 15.0 Å². The molecule has 0 spiro atoms. The van der Waals surface area contributed by atoms with Gasteiger partial charge in [-0.25, -0.2) is 0 Å². The summed E-state index contributed by atoms with van der Waals surface area (Å²) in [6.07, 6.45) is -0.244. The highest BCUT2D eigenvalue weighted by Gasteiger charge is 2.38. The molecule has 0 bridgehead atoms. The van der Waals surface area contributed by atoms with Gasteiger partial charge in [0.2, 0.25) is 6.10 Å². The van der Waals surface area contributed by atoms with E-state index in [1.165, 1.54) is 6.92 Å². The van der Waals surface area contributed by atoms with Gasteiger partial charge in [0.1, 0.15) is 0 Å². The van der Waals surface area contributed by atoms with Gasteiger partial charge in [-0.05, 0) is 37.1 Å². The van der Waals surface area contributed by atoms with Crippen LogP contribution in [0.3, 0.4) is 0 Å². The summed E-state index contributed by atoms with van der Waals surface area (Å²) in [5, 5.41) is 3.60. The minimum absolute atomic E-state index is 0.0709. The number of esters is 1. The highest BCUT2D eigenvalue weighted by molar-refractivity contribution is 5.99. The van der Waals surface area contributed by atoms with Gasteiger partial charge in [0.25, 0.3) is 5.91 Å². The molecule has 5 heteroatoms. The Balaban J connectivity index is 1.69. The van der Waals surface area contributed by atoms with Gasteiger partial charge in [-0.15, -0.1) is 0 Å². The molecular formula is C26H26N2O3. The molecule has 3 unspecified atom stereocenters. The maximum atomic E-state index is 13.7. The Morgan fingerprint density at radius 3 is 2.23 bits per heavy atom. The van der Waals surface area contributed by atoms with Gasteiger partial charge in [-0.2, -0.15) is 0 Å². The molecule has 3 aromatic rings. The van der Waals surface area contributed by atoms with Crippen molar-refractivity contribution in [1.82, 2.24) is 0 Å². The Morgan fingerprint density at radius 2 is 1.55 bits per heavy atom. The van der Waals surface area contributed by atoms with Crippen molar-refractivity contribution in [1.29, 1.82) is 0 Å². The summed E-state index contributed by atoms with van der Waals surface area (Å²) >= 11 is 0. The Hall–Kier alpha value is -3.60. The number of nitrogens with one attached hydrogen (secondary N) is 1. The molecule has 1 aliphatic heterocycles. The number of carbonyl (C=O) groups is 2. The molecule has 5 nitrogen and oxygen atoms in total. The van der Waals surface area contributed by atoms with Gasteiger partial charge in [0.05, 0.1) is 6.04 Å². The van der Waals surface area contributed by atoms with Gasteiger partial charge in [-0.3, -0.25) is 9.59 Å². The van der Waals surface area contributed by atoms with Crippen LogP contribution in [0.2, 0.25) is 0 Å². The molecule has 31 heavy (non-hydrogen) atoms. The van der Waals surface area contributed by atoms with E-state index >= 15 is 0 Å². The van der Waals surface area contributed by atoms with E-state index in [0.29, 0.717) is 5.56 Å². The van der Waals surface area contributed by atoms with Crippen molar-refractivity contribution in [3.05, 3.63) is 96.1 Å². The van der Waals surface area contributed by atoms with Crippen LogP contribution in [0.4, 0.5) is 11.4 Å². The van der Waals surface area contributed by atoms with Crippen molar-refractivity contribution in [2.75, 3.05) is 10.2 Å². The molecule has 1 N–H and O–H groups in total. The molecule has 158 valence electrons. The molecule has 0 aromatic heterocycles. The lowest BCUT2D eigenvalue weighted by Crippen LogP contribution is -2.47. The van der Waals surface area contributed by atoms with E-state index in [9.17, 15) is 9.59 Å². The first-order valence-electron chi connectivity index (χ1n) is 10.5. The summed E-state index contributed by atoms with van der Waals surface area (Å²) in [5.74, 6) is -0.719. The zero-order chi connectivity index (χ0) is 21.8. The zero-order valence-electron chi connectivity index (χ0n) is 17.7. The summed E-state index contributed by atoms with van der Waals surface area (Å²) in [4.78, 5) is 27.3. The number of nitrogens with zero attached hydrogens (tertiary/aromatic N) is 1. The Labute approximate surface area is 182 Å². The second-order valence-corrected chi connectivity index (χ2v) is 7.81. The predicted octanol–water partition coefficient (Wildman–Crippen LogP) is 5.27. The fourth-order valence-electron chi connectivity index (χ4n) is 4.20. The van der Waals surface area contributed by atoms with Crippen molar-refractivity contribution in [2.24, 2.45) is 0 Å². The van der Waals surface area contributed by atoms with Crippen molar-refractivity contribution >= 4 is 23.3 Å². The molecule has 0 saturated carbocycles. The molecule has 3 atom stereocenters. The van der Waals surface area contributed by atoms with E-state index in [2.05, 4.69) is 5.32 Å². The highest BCUT2D eigenvalue weighted by atomic mass is 16.5. The van der Waals surface area contributed by atoms with Crippen LogP contribution in [-0.4, -0.2) is 17.9 Å². The normalized spacial score (nSPS) is 18.6. The fourth-order valence-corrected chi connectivity index (χ4v) is 4.20. The minimum Gasteiger partial charge on any atom is -0.447 e. The summed E-state index contributed by atoms with van der Waals surface area (Å²) in [6.45, 7) is 3.36. The number of fused-ring (bicyclic) bond motifs is 1. The largest absolute Gasteiger partial charge is 0.447 e. The van der Waals surface area contributed by atoms with E-state index < -0.39 is 12.1 Å². The fraction of sp³-hybridized carbons (Fsp3) is 0.231. The Morgan fingerprint density at radius 1 is 0.935 bits per heavy atom. The van der Waals surface area contributed by atoms with E-state index in [0.717, 1.165) is 23.4 Å². The smallest absolute Gasteiger partial charge is 0.303 e. The van der Waals surface area contributed by atoms with Crippen molar-refractivity contribution < 1.29 is 14.3 Å². The molecule has 1 amide bonds. The van der Waals surface area contributed by atoms with Gasteiger partial charge in [0, 0.05) is 29.9 Å². The summed E-state index contributed by atoms with van der Waals surface area (Å²) in [7, 11) is 0. The maximum Gasteiger partial charge on any atom is 0.303 e. The van der Waals surface area contributed by atoms with Gasteiger partial charge >= 0.3 is 5.97 Å². The number of hydrogen-bond acceptors (Lipinski definition) is 4. The zero-order valence-corrected chi connectivity index (χ0v) is 17.7. The SMILES string of the molecule is CC(=O)OC(C(=O)N1c2ccccc2C(Nc2ccccc2)CC1C)c1ccccc1. The lowest BCUT2D eigenvalue weighted by molar-refractivity contribution is -0.153. The molecule has 0 aliphatic carbocycles. The van der Waals surface area contributed by atoms with Crippen LogP contribution in [0.25, 0.3) is 0 Å². The third kappa shape index (κ3) is 4.45. The Kier molecular flexibility index (Phi) is 6.03. The van der Waals surface area contributed by atoms with E-state index in [4.69, 9.17) is 4.74 Å². The topological polar surface area (TPSA) is 58.6 Å². The number of carbonyl (C=O) groups excluding carboxylic acids is 2. The third-order valence-corrected chi connectivity index (χ3v) is 5.55. The number of anilines is 2. The Bertz CT molecular complexity index is 1050. The third-order valence-electron chi connectivity index (χ3n) is 5.55. The molecule has 0 radical (unpaired) electrons. The van der Waals surface area contributed by atoms with Crippen LogP contribution in [0.15, 0.2) is 84.9 Å². The van der Waals surface area contributed by atoms with Crippen LogP contribution in [0, 0.1) is 0 Å². The molecule has 0 saturated heterocycles. The first-order valence-corrected chi connectivity index (χ1v) is 10.5. The lowest BCUT2D eigenvalue weighted by Gasteiger charge is -2.41. The van der Waals surface area contributed by atoms with Crippen LogP contribution >= 0.6 is 0 Å². The first-order chi connectivity index (χ1) is 15.0. The van der Waals surface area contributed by atoms with Crippen LogP contribution in [-0.2, 0) is 14.3 Å². The molecular weight excluding hydrogens is 388 g/mol. The quantitative estimate of drug-likeness (QED) is 0.578. The molecule has 1 heterocycles. The molecule has 4 rings (SSSR count). The molecule has 1 aliphatic rings. The standard InChI is InChI=1S/C26H26N2O3/c1-18-17-23(27-21-13-7-4-8-14-21)22-15-9-10-16-24(22)28(18)26(30)25(31-19(2)29)20-11-5-3-6-12-20/h3-16,18,23,25,27H,17H2,1-2H3. The van der Waals surface area contributed by atoms with Gasteiger partial charge in [-0.1, -0.05) is 66.7 Å². The number of amides is 1. The monoisotopic (exact) mass is 414 g/mol. The molecule has 3 aromatic carbocycles. The summed E-state index contributed by atoms with van der Waals surface area (Å²) in [6, 6.07) is 27.2. The minimum atomic E-state index is -0.979. The highest BCUT2D eigenvalue weighted by Crippen LogP contribution is 2.40.